The van der Waals surface area contributed by atoms with Gasteiger partial charge in [0, 0.05) is 27.2 Å². The molecule has 6 nitrogen and oxygen atoms in total. The number of methoxy groups -OCH3 is 1. The number of carboxylic acid groups (broad SMARTS) is 1. The zero-order valence-electron chi connectivity index (χ0n) is 17.6. The van der Waals surface area contributed by atoms with Crippen LogP contribution in [0.25, 0.3) is 0 Å². The van der Waals surface area contributed by atoms with Gasteiger partial charge in [-0.3, -0.25) is 0 Å². The first kappa shape index (κ1) is 22.3. The van der Waals surface area contributed by atoms with E-state index in [9.17, 15) is 14.7 Å². The summed E-state index contributed by atoms with van der Waals surface area (Å²) in [6, 6.07) is 12.6. The number of nitrogens with zero attached hydrogens (tertiary/aromatic N) is 2. The van der Waals surface area contributed by atoms with Gasteiger partial charge in [0.1, 0.15) is 0 Å². The molecule has 0 saturated carbocycles. The minimum atomic E-state index is -0.938. The van der Waals surface area contributed by atoms with Crippen LogP contribution in [0.2, 0.25) is 0 Å². The zero-order chi connectivity index (χ0) is 21.4. The predicted octanol–water partition coefficient (Wildman–Crippen LogP) is 4.43. The maximum atomic E-state index is 11.7. The highest BCUT2D eigenvalue weighted by Crippen LogP contribution is 2.31. The second kappa shape index (κ2) is 10.5. The zero-order valence-corrected chi connectivity index (χ0v) is 17.6. The van der Waals surface area contributed by atoms with Gasteiger partial charge >= 0.3 is 11.9 Å². The normalized spacial score (nSPS) is 10.5. The Morgan fingerprint density at radius 2 is 1.62 bits per heavy atom. The molecule has 156 valence electrons. The van der Waals surface area contributed by atoms with E-state index in [0.717, 1.165) is 42.7 Å². The van der Waals surface area contributed by atoms with Crippen LogP contribution >= 0.6 is 0 Å². The van der Waals surface area contributed by atoms with Crippen molar-refractivity contribution in [3.63, 3.8) is 0 Å². The molecule has 0 amide bonds. The number of carbonyl (C=O) groups excluding carboxylic acids is 1. The van der Waals surface area contributed by atoms with Gasteiger partial charge in [0.15, 0.2) is 0 Å². The van der Waals surface area contributed by atoms with Crippen LogP contribution in [0, 0.1) is 0 Å². The molecule has 0 unspecified atom stereocenters. The maximum absolute atomic E-state index is 11.7. The molecule has 29 heavy (non-hydrogen) atoms. The number of unbranched alkanes of at least 4 members (excludes halogenated alkanes) is 2. The highest BCUT2D eigenvalue weighted by Gasteiger charge is 2.17. The van der Waals surface area contributed by atoms with E-state index in [1.165, 1.54) is 7.11 Å². The molecule has 6 heteroatoms. The number of benzene rings is 2. The molecular formula is C23H30N2O4. The Balaban J connectivity index is 2.38. The molecule has 0 aliphatic carbocycles. The Kier molecular flexibility index (Phi) is 8.07. The van der Waals surface area contributed by atoms with E-state index in [4.69, 9.17) is 4.74 Å². The van der Waals surface area contributed by atoms with Gasteiger partial charge in [0.2, 0.25) is 0 Å². The lowest BCUT2D eigenvalue weighted by Gasteiger charge is -2.30. The summed E-state index contributed by atoms with van der Waals surface area (Å²) in [6.45, 7) is 3.60. The van der Waals surface area contributed by atoms with Gasteiger partial charge in [-0.05, 0) is 42.3 Å². The van der Waals surface area contributed by atoms with E-state index in [0.29, 0.717) is 12.1 Å². The standard InChI is InChI=1S/C23H30N2O4/c1-5-6-7-14-25(16-17-8-10-18(11-9-17)23(28)29-4)21-15-19(22(26)27)12-13-20(21)24(2)3/h8-13,15H,5-7,14,16H2,1-4H3,(H,26,27). The molecule has 2 rings (SSSR count). The molecule has 0 aliphatic heterocycles. The van der Waals surface area contributed by atoms with E-state index >= 15 is 0 Å². The largest absolute Gasteiger partial charge is 0.478 e. The molecule has 0 heterocycles. The third kappa shape index (κ3) is 5.98. The van der Waals surface area contributed by atoms with Crippen molar-refractivity contribution in [1.29, 1.82) is 0 Å². The van der Waals surface area contributed by atoms with Gasteiger partial charge in [-0.2, -0.15) is 0 Å². The maximum Gasteiger partial charge on any atom is 0.337 e. The Morgan fingerprint density at radius 3 is 2.17 bits per heavy atom. The first-order valence-electron chi connectivity index (χ1n) is 9.84. The summed E-state index contributed by atoms with van der Waals surface area (Å²) >= 11 is 0. The monoisotopic (exact) mass is 398 g/mol. The number of rotatable bonds is 10. The van der Waals surface area contributed by atoms with Crippen molar-refractivity contribution in [1.82, 2.24) is 0 Å². The summed E-state index contributed by atoms with van der Waals surface area (Å²) in [5.41, 5.74) is 3.68. The number of carbonyl (C=O) groups is 2. The number of ether oxygens (including phenoxy) is 1. The third-order valence-electron chi connectivity index (χ3n) is 4.82. The number of anilines is 2. The Labute approximate surface area is 172 Å². The van der Waals surface area contributed by atoms with Gasteiger partial charge in [-0.1, -0.05) is 31.9 Å². The van der Waals surface area contributed by atoms with Crippen molar-refractivity contribution in [3.05, 3.63) is 59.2 Å². The Bertz CT molecular complexity index is 831. The average molecular weight is 399 g/mol. The molecule has 1 N–H and O–H groups in total. The minimum Gasteiger partial charge on any atom is -0.478 e. The Hall–Kier alpha value is -3.02. The smallest absolute Gasteiger partial charge is 0.337 e. The summed E-state index contributed by atoms with van der Waals surface area (Å²) in [4.78, 5) is 27.4. The predicted molar refractivity (Wildman–Crippen MR) is 116 cm³/mol. The van der Waals surface area contributed by atoms with Crippen molar-refractivity contribution in [2.24, 2.45) is 0 Å². The van der Waals surface area contributed by atoms with E-state index in [1.54, 1.807) is 24.3 Å². The number of carboxylic acids is 1. The second-order valence-electron chi connectivity index (χ2n) is 7.22. The quantitative estimate of drug-likeness (QED) is 0.471. The van der Waals surface area contributed by atoms with Crippen molar-refractivity contribution < 1.29 is 19.4 Å². The lowest BCUT2D eigenvalue weighted by molar-refractivity contribution is 0.0599. The van der Waals surface area contributed by atoms with E-state index in [2.05, 4.69) is 11.8 Å². The molecule has 0 aliphatic rings. The fourth-order valence-electron chi connectivity index (χ4n) is 3.21. The van der Waals surface area contributed by atoms with Crippen LogP contribution in [0.15, 0.2) is 42.5 Å². The van der Waals surface area contributed by atoms with Crippen LogP contribution in [0.3, 0.4) is 0 Å². The van der Waals surface area contributed by atoms with Gasteiger partial charge in [-0.15, -0.1) is 0 Å². The molecule has 0 aromatic heterocycles. The van der Waals surface area contributed by atoms with Crippen molar-refractivity contribution >= 4 is 23.3 Å². The van der Waals surface area contributed by atoms with Crippen LogP contribution in [0.4, 0.5) is 11.4 Å². The van der Waals surface area contributed by atoms with Gasteiger partial charge < -0.3 is 19.6 Å². The van der Waals surface area contributed by atoms with E-state index in [1.807, 2.05) is 37.2 Å². The van der Waals surface area contributed by atoms with Crippen LogP contribution in [-0.4, -0.2) is 44.8 Å². The molecular weight excluding hydrogens is 368 g/mol. The molecule has 0 saturated heterocycles. The number of aromatic carboxylic acids is 1. The highest BCUT2D eigenvalue weighted by atomic mass is 16.5. The highest BCUT2D eigenvalue weighted by molar-refractivity contribution is 5.91. The lowest BCUT2D eigenvalue weighted by Crippen LogP contribution is -2.26. The molecule has 0 atom stereocenters. The Morgan fingerprint density at radius 1 is 0.966 bits per heavy atom. The average Bonchev–Trinajstić information content (AvgIpc) is 2.72. The van der Waals surface area contributed by atoms with Crippen LogP contribution in [0.5, 0.6) is 0 Å². The molecule has 2 aromatic rings. The van der Waals surface area contributed by atoms with Crippen molar-refractivity contribution in [3.8, 4) is 0 Å². The summed E-state index contributed by atoms with van der Waals surface area (Å²) in [7, 11) is 5.27. The molecule has 0 bridgehead atoms. The van der Waals surface area contributed by atoms with E-state index in [-0.39, 0.29) is 11.5 Å². The van der Waals surface area contributed by atoms with Gasteiger partial charge in [-0.25, -0.2) is 9.59 Å². The first-order valence-corrected chi connectivity index (χ1v) is 9.84. The summed E-state index contributed by atoms with van der Waals surface area (Å²) in [6.07, 6.45) is 3.23. The van der Waals surface area contributed by atoms with Crippen LogP contribution < -0.4 is 9.80 Å². The van der Waals surface area contributed by atoms with Gasteiger partial charge in [0.25, 0.3) is 0 Å². The second-order valence-corrected chi connectivity index (χ2v) is 7.22. The molecule has 0 spiro atoms. The van der Waals surface area contributed by atoms with Gasteiger partial charge in [0.05, 0.1) is 29.6 Å². The minimum absolute atomic E-state index is 0.270. The topological polar surface area (TPSA) is 70.1 Å². The summed E-state index contributed by atoms with van der Waals surface area (Å²) in [5.74, 6) is -1.30. The van der Waals surface area contributed by atoms with E-state index < -0.39 is 5.97 Å². The number of esters is 1. The fourth-order valence-corrected chi connectivity index (χ4v) is 3.21. The van der Waals surface area contributed by atoms with Crippen molar-refractivity contribution in [2.45, 2.75) is 32.7 Å². The third-order valence-corrected chi connectivity index (χ3v) is 4.82. The van der Waals surface area contributed by atoms with Crippen molar-refractivity contribution in [2.75, 3.05) is 37.5 Å². The molecule has 0 fully saturated rings. The fraction of sp³-hybridized carbons (Fsp3) is 0.391. The summed E-state index contributed by atoms with van der Waals surface area (Å²) < 4.78 is 4.76. The van der Waals surface area contributed by atoms with Crippen LogP contribution in [-0.2, 0) is 11.3 Å². The first-order chi connectivity index (χ1) is 13.9. The number of hydrogen-bond donors (Lipinski definition) is 1. The SMILES string of the molecule is CCCCCN(Cc1ccc(C(=O)OC)cc1)c1cc(C(=O)O)ccc1N(C)C. The molecule has 0 radical (unpaired) electrons. The summed E-state index contributed by atoms with van der Waals surface area (Å²) in [5, 5.41) is 9.45. The molecule has 2 aromatic carbocycles. The van der Waals surface area contributed by atoms with Crippen LogP contribution in [0.1, 0.15) is 52.5 Å². The lowest BCUT2D eigenvalue weighted by atomic mass is 10.1. The number of hydrogen-bond acceptors (Lipinski definition) is 5.